The Hall–Kier alpha value is -2.62. The van der Waals surface area contributed by atoms with Crippen molar-refractivity contribution >= 4 is 28.4 Å². The third-order valence-corrected chi connectivity index (χ3v) is 4.02. The predicted molar refractivity (Wildman–Crippen MR) is 85.0 cm³/mol. The van der Waals surface area contributed by atoms with E-state index in [-0.39, 0.29) is 0 Å². The molecular weight excluding hydrogens is 278 g/mol. The molecule has 4 heteroatoms. The number of esters is 2. The first kappa shape index (κ1) is 14.3. The van der Waals surface area contributed by atoms with Crippen molar-refractivity contribution in [3.05, 3.63) is 52.7 Å². The number of para-hydroxylation sites is 1. The summed E-state index contributed by atoms with van der Waals surface area (Å²) in [5.41, 5.74) is 4.33. The summed E-state index contributed by atoms with van der Waals surface area (Å²) in [6, 6.07) is 7.98. The zero-order chi connectivity index (χ0) is 16.0. The van der Waals surface area contributed by atoms with Crippen LogP contribution in [0.15, 0.2) is 47.2 Å². The lowest BCUT2D eigenvalue weighted by molar-refractivity contribution is -0.149. The molecule has 0 radical (unpaired) electrons. The van der Waals surface area contributed by atoms with Gasteiger partial charge in [-0.15, -0.1) is 0 Å². The van der Waals surface area contributed by atoms with Crippen LogP contribution < -0.4 is 0 Å². The third-order valence-electron chi connectivity index (χ3n) is 4.02. The van der Waals surface area contributed by atoms with E-state index in [0.717, 1.165) is 27.6 Å². The second-order valence-electron chi connectivity index (χ2n) is 5.72. The highest BCUT2D eigenvalue weighted by molar-refractivity contribution is 6.22. The highest BCUT2D eigenvalue weighted by Gasteiger charge is 2.36. The van der Waals surface area contributed by atoms with Crippen LogP contribution in [-0.4, -0.2) is 16.5 Å². The first-order chi connectivity index (χ1) is 10.4. The van der Waals surface area contributed by atoms with Crippen LogP contribution in [0.1, 0.15) is 26.3 Å². The summed E-state index contributed by atoms with van der Waals surface area (Å²) in [7, 11) is 1.96. The molecule has 0 spiro atoms. The first-order valence-electron chi connectivity index (χ1n) is 7.11. The monoisotopic (exact) mass is 295 g/mol. The van der Waals surface area contributed by atoms with E-state index in [9.17, 15) is 9.59 Å². The van der Waals surface area contributed by atoms with Crippen molar-refractivity contribution in [3.8, 4) is 0 Å². The topological polar surface area (TPSA) is 48.3 Å². The molecule has 4 nitrogen and oxygen atoms in total. The summed E-state index contributed by atoms with van der Waals surface area (Å²) < 4.78 is 6.82. The van der Waals surface area contributed by atoms with Crippen LogP contribution in [0.3, 0.4) is 0 Å². The molecule has 2 heterocycles. The average molecular weight is 295 g/mol. The number of aryl methyl sites for hydroxylation is 1. The van der Waals surface area contributed by atoms with Crippen molar-refractivity contribution in [2.75, 3.05) is 0 Å². The summed E-state index contributed by atoms with van der Waals surface area (Å²) >= 11 is 0. The quantitative estimate of drug-likeness (QED) is 0.460. The number of carbonyl (C=O) groups excluding carboxylic acids is 2. The molecule has 0 amide bonds. The van der Waals surface area contributed by atoms with Gasteiger partial charge in [0.1, 0.15) is 0 Å². The van der Waals surface area contributed by atoms with Gasteiger partial charge in [0.25, 0.3) is 0 Å². The van der Waals surface area contributed by atoms with Gasteiger partial charge in [-0.25, -0.2) is 9.59 Å². The Labute approximate surface area is 128 Å². The molecule has 1 aromatic heterocycles. The van der Waals surface area contributed by atoms with Crippen molar-refractivity contribution < 1.29 is 14.3 Å². The number of fused-ring (bicyclic) bond motifs is 1. The van der Waals surface area contributed by atoms with Crippen molar-refractivity contribution in [1.29, 1.82) is 0 Å². The Morgan fingerprint density at radius 3 is 2.32 bits per heavy atom. The summed E-state index contributed by atoms with van der Waals surface area (Å²) in [6.07, 6.45) is 1.98. The molecule has 0 aliphatic carbocycles. The standard InChI is InChI=1S/C18H17NO3/c1-10(2)15-16(18(21)22-17(15)20)11(3)13-9-19(4)14-8-6-5-7-12(13)14/h5-9H,1-4H3/b16-11+. The summed E-state index contributed by atoms with van der Waals surface area (Å²) in [4.78, 5) is 24.0. The van der Waals surface area contributed by atoms with Crippen LogP contribution in [-0.2, 0) is 21.4 Å². The number of carbonyl (C=O) groups is 2. The zero-order valence-electron chi connectivity index (χ0n) is 13.1. The lowest BCUT2D eigenvalue weighted by Crippen LogP contribution is -1.99. The Morgan fingerprint density at radius 2 is 1.64 bits per heavy atom. The fraction of sp³-hybridized carbons (Fsp3) is 0.222. The van der Waals surface area contributed by atoms with Crippen LogP contribution in [0.2, 0.25) is 0 Å². The Bertz CT molecular complexity index is 877. The van der Waals surface area contributed by atoms with Crippen LogP contribution in [0.4, 0.5) is 0 Å². The fourth-order valence-electron chi connectivity index (χ4n) is 2.96. The Kier molecular flexibility index (Phi) is 3.24. The molecule has 1 fully saturated rings. The van der Waals surface area contributed by atoms with E-state index in [1.807, 2.05) is 62.8 Å². The highest BCUT2D eigenvalue weighted by Crippen LogP contribution is 2.35. The molecule has 0 N–H and O–H groups in total. The van der Waals surface area contributed by atoms with E-state index in [0.29, 0.717) is 11.1 Å². The molecule has 112 valence electrons. The number of aromatic nitrogens is 1. The number of hydrogen-bond acceptors (Lipinski definition) is 3. The molecule has 1 saturated heterocycles. The summed E-state index contributed by atoms with van der Waals surface area (Å²) in [5.74, 6) is -1.12. The van der Waals surface area contributed by atoms with Gasteiger partial charge in [-0.05, 0) is 32.4 Å². The number of rotatable bonds is 1. The second-order valence-corrected chi connectivity index (χ2v) is 5.72. The number of nitrogens with zero attached hydrogens (tertiary/aromatic N) is 1. The van der Waals surface area contributed by atoms with Crippen LogP contribution in [0.25, 0.3) is 16.5 Å². The number of benzene rings is 1. The Morgan fingerprint density at radius 1 is 1.00 bits per heavy atom. The minimum Gasteiger partial charge on any atom is -0.386 e. The average Bonchev–Trinajstić information content (AvgIpc) is 2.96. The summed E-state index contributed by atoms with van der Waals surface area (Å²) in [5, 5.41) is 1.05. The van der Waals surface area contributed by atoms with Gasteiger partial charge in [0.2, 0.25) is 0 Å². The van der Waals surface area contributed by atoms with E-state index in [1.165, 1.54) is 0 Å². The number of hydrogen-bond donors (Lipinski definition) is 0. The van der Waals surface area contributed by atoms with Gasteiger partial charge in [-0.1, -0.05) is 23.8 Å². The van der Waals surface area contributed by atoms with Crippen molar-refractivity contribution in [2.24, 2.45) is 7.05 Å². The molecular formula is C18H17NO3. The first-order valence-corrected chi connectivity index (χ1v) is 7.11. The molecule has 0 saturated carbocycles. The molecule has 1 aliphatic rings. The third kappa shape index (κ3) is 1.99. The fourth-order valence-corrected chi connectivity index (χ4v) is 2.96. The maximum absolute atomic E-state index is 12.1. The van der Waals surface area contributed by atoms with Crippen LogP contribution in [0.5, 0.6) is 0 Å². The van der Waals surface area contributed by atoms with E-state index >= 15 is 0 Å². The van der Waals surface area contributed by atoms with E-state index in [2.05, 4.69) is 0 Å². The van der Waals surface area contributed by atoms with E-state index < -0.39 is 11.9 Å². The molecule has 1 aliphatic heterocycles. The van der Waals surface area contributed by atoms with Gasteiger partial charge >= 0.3 is 11.9 Å². The van der Waals surface area contributed by atoms with Crippen LogP contribution in [0, 0.1) is 0 Å². The Balaban J connectivity index is 2.32. The highest BCUT2D eigenvalue weighted by atomic mass is 16.6. The molecule has 0 atom stereocenters. The van der Waals surface area contributed by atoms with Gasteiger partial charge in [0.05, 0.1) is 11.1 Å². The zero-order valence-corrected chi connectivity index (χ0v) is 13.1. The largest absolute Gasteiger partial charge is 0.386 e. The van der Waals surface area contributed by atoms with Crippen molar-refractivity contribution in [1.82, 2.24) is 4.57 Å². The number of cyclic esters (lactones) is 2. The van der Waals surface area contributed by atoms with Gasteiger partial charge in [0, 0.05) is 29.7 Å². The molecule has 3 rings (SSSR count). The molecule has 22 heavy (non-hydrogen) atoms. The lowest BCUT2D eigenvalue weighted by Gasteiger charge is -2.04. The summed E-state index contributed by atoms with van der Waals surface area (Å²) in [6.45, 7) is 5.48. The predicted octanol–water partition coefficient (Wildman–Crippen LogP) is 3.37. The number of ether oxygens (including phenoxy) is 1. The molecule has 1 aromatic carbocycles. The van der Waals surface area contributed by atoms with Crippen molar-refractivity contribution in [2.45, 2.75) is 20.8 Å². The minimum atomic E-state index is -0.563. The van der Waals surface area contributed by atoms with Gasteiger partial charge in [-0.3, -0.25) is 0 Å². The van der Waals surface area contributed by atoms with Gasteiger partial charge < -0.3 is 9.30 Å². The lowest BCUT2D eigenvalue weighted by atomic mass is 9.94. The van der Waals surface area contributed by atoms with Gasteiger partial charge in [-0.2, -0.15) is 0 Å². The second kappa shape index (κ2) is 4.98. The maximum Gasteiger partial charge on any atom is 0.347 e. The normalized spacial score (nSPS) is 17.2. The molecule has 0 bridgehead atoms. The van der Waals surface area contributed by atoms with Crippen molar-refractivity contribution in [3.63, 3.8) is 0 Å². The van der Waals surface area contributed by atoms with Crippen LogP contribution >= 0.6 is 0 Å². The SMILES string of the molecule is CC(C)=C1C(=O)OC(=O)/C1=C(\C)c1cn(C)c2ccccc12. The molecule has 0 unspecified atom stereocenters. The number of allylic oxidation sites excluding steroid dienone is 2. The van der Waals surface area contributed by atoms with E-state index in [1.54, 1.807) is 0 Å². The smallest absolute Gasteiger partial charge is 0.347 e. The minimum absolute atomic E-state index is 0.376. The molecule has 2 aromatic rings. The maximum atomic E-state index is 12.1. The van der Waals surface area contributed by atoms with E-state index in [4.69, 9.17) is 4.74 Å². The van der Waals surface area contributed by atoms with Gasteiger partial charge in [0.15, 0.2) is 0 Å².